The third kappa shape index (κ3) is 2.93. The van der Waals surface area contributed by atoms with Gasteiger partial charge < -0.3 is 5.32 Å². The summed E-state index contributed by atoms with van der Waals surface area (Å²) in [5.41, 5.74) is 0. The number of aromatic nitrogens is 2. The summed E-state index contributed by atoms with van der Waals surface area (Å²) in [7, 11) is 0. The molecule has 0 spiro atoms. The summed E-state index contributed by atoms with van der Waals surface area (Å²) in [5, 5.41) is 8.87. The normalized spacial score (nSPS) is 10.2. The summed E-state index contributed by atoms with van der Waals surface area (Å²) in [5.74, 6) is 0.00969. The maximum Gasteiger partial charge on any atom is 0.261 e. The fourth-order valence-corrected chi connectivity index (χ4v) is 2.01. The Balaban J connectivity index is 1.67. The summed E-state index contributed by atoms with van der Waals surface area (Å²) in [6.45, 7) is 1.51. The monoisotopic (exact) mass is 235 g/mol. The molecule has 16 heavy (non-hydrogen) atoms. The second-order valence-electron chi connectivity index (χ2n) is 3.36. The van der Waals surface area contributed by atoms with Crippen molar-refractivity contribution >= 4 is 17.2 Å². The van der Waals surface area contributed by atoms with Gasteiger partial charge in [0.2, 0.25) is 0 Å². The molecule has 2 aromatic heterocycles. The van der Waals surface area contributed by atoms with Gasteiger partial charge in [-0.2, -0.15) is 5.10 Å². The van der Waals surface area contributed by atoms with Gasteiger partial charge in [-0.1, -0.05) is 6.07 Å². The lowest BCUT2D eigenvalue weighted by atomic mass is 10.4. The van der Waals surface area contributed by atoms with Gasteiger partial charge in [-0.05, 0) is 23.9 Å². The minimum Gasteiger partial charge on any atom is -0.351 e. The van der Waals surface area contributed by atoms with Crippen molar-refractivity contribution in [3.8, 4) is 0 Å². The van der Waals surface area contributed by atoms with Gasteiger partial charge in [0, 0.05) is 25.5 Å². The van der Waals surface area contributed by atoms with Gasteiger partial charge in [0.15, 0.2) is 0 Å². The van der Waals surface area contributed by atoms with Crippen molar-refractivity contribution in [1.29, 1.82) is 0 Å². The minimum atomic E-state index is 0.00969. The molecule has 0 saturated carbocycles. The van der Waals surface area contributed by atoms with Crippen LogP contribution in [0.3, 0.4) is 0 Å². The molecule has 0 radical (unpaired) electrons. The second kappa shape index (κ2) is 5.46. The fourth-order valence-electron chi connectivity index (χ4n) is 1.37. The summed E-state index contributed by atoms with van der Waals surface area (Å²) in [4.78, 5) is 12.3. The van der Waals surface area contributed by atoms with Crippen molar-refractivity contribution in [3.05, 3.63) is 40.8 Å². The number of nitrogens with one attached hydrogen (secondary N) is 1. The van der Waals surface area contributed by atoms with Crippen molar-refractivity contribution < 1.29 is 4.79 Å². The number of rotatable bonds is 5. The third-order valence-corrected chi connectivity index (χ3v) is 3.02. The highest BCUT2D eigenvalue weighted by molar-refractivity contribution is 7.12. The molecule has 0 bridgehead atoms. The smallest absolute Gasteiger partial charge is 0.261 e. The number of hydrogen-bond acceptors (Lipinski definition) is 3. The Bertz CT molecular complexity index is 422. The number of carbonyl (C=O) groups is 1. The Morgan fingerprint density at radius 3 is 3.12 bits per heavy atom. The quantitative estimate of drug-likeness (QED) is 0.803. The predicted molar refractivity (Wildman–Crippen MR) is 63.5 cm³/mol. The van der Waals surface area contributed by atoms with Crippen LogP contribution in [0, 0.1) is 0 Å². The summed E-state index contributed by atoms with van der Waals surface area (Å²) in [6, 6.07) is 5.60. The molecule has 0 aliphatic carbocycles. The Morgan fingerprint density at radius 2 is 2.44 bits per heavy atom. The first-order chi connectivity index (χ1) is 7.86. The summed E-state index contributed by atoms with van der Waals surface area (Å²) in [6.07, 6.45) is 4.56. The minimum absolute atomic E-state index is 0.00969. The van der Waals surface area contributed by atoms with Crippen LogP contribution in [0.2, 0.25) is 0 Å². The van der Waals surface area contributed by atoms with Crippen LogP contribution in [0.4, 0.5) is 0 Å². The molecule has 1 amide bonds. The van der Waals surface area contributed by atoms with E-state index in [9.17, 15) is 4.79 Å². The van der Waals surface area contributed by atoms with E-state index < -0.39 is 0 Å². The van der Waals surface area contributed by atoms with Crippen molar-refractivity contribution in [1.82, 2.24) is 15.1 Å². The van der Waals surface area contributed by atoms with Gasteiger partial charge in [-0.15, -0.1) is 11.3 Å². The van der Waals surface area contributed by atoms with Gasteiger partial charge >= 0.3 is 0 Å². The number of hydrogen-bond donors (Lipinski definition) is 1. The average Bonchev–Trinajstić information content (AvgIpc) is 2.96. The van der Waals surface area contributed by atoms with Crippen LogP contribution in [-0.4, -0.2) is 22.2 Å². The molecule has 0 saturated heterocycles. The van der Waals surface area contributed by atoms with E-state index in [0.29, 0.717) is 6.54 Å². The molecule has 0 aliphatic heterocycles. The van der Waals surface area contributed by atoms with Crippen LogP contribution < -0.4 is 5.32 Å². The highest BCUT2D eigenvalue weighted by Gasteiger charge is 2.04. The molecule has 0 unspecified atom stereocenters. The molecule has 1 N–H and O–H groups in total. The molecular weight excluding hydrogens is 222 g/mol. The highest BCUT2D eigenvalue weighted by atomic mass is 32.1. The molecule has 4 nitrogen and oxygen atoms in total. The Hall–Kier alpha value is -1.62. The van der Waals surface area contributed by atoms with E-state index in [1.165, 1.54) is 11.3 Å². The third-order valence-electron chi connectivity index (χ3n) is 2.15. The summed E-state index contributed by atoms with van der Waals surface area (Å²) < 4.78 is 1.86. The van der Waals surface area contributed by atoms with E-state index in [1.807, 2.05) is 34.5 Å². The van der Waals surface area contributed by atoms with Gasteiger partial charge in [0.05, 0.1) is 4.88 Å². The highest BCUT2D eigenvalue weighted by Crippen LogP contribution is 2.07. The Kier molecular flexibility index (Phi) is 3.71. The average molecular weight is 235 g/mol. The van der Waals surface area contributed by atoms with Crippen molar-refractivity contribution in [2.24, 2.45) is 0 Å². The van der Waals surface area contributed by atoms with E-state index in [-0.39, 0.29) is 5.91 Å². The number of amides is 1. The van der Waals surface area contributed by atoms with Crippen molar-refractivity contribution in [2.45, 2.75) is 13.0 Å². The van der Waals surface area contributed by atoms with E-state index >= 15 is 0 Å². The topological polar surface area (TPSA) is 46.9 Å². The first-order valence-corrected chi connectivity index (χ1v) is 6.03. The van der Waals surface area contributed by atoms with Crippen molar-refractivity contribution in [3.63, 3.8) is 0 Å². The van der Waals surface area contributed by atoms with Crippen molar-refractivity contribution in [2.75, 3.05) is 6.54 Å². The van der Waals surface area contributed by atoms with E-state index in [4.69, 9.17) is 0 Å². The molecule has 0 aromatic carbocycles. The number of carbonyl (C=O) groups excluding carboxylic acids is 1. The van der Waals surface area contributed by atoms with Crippen LogP contribution in [0.25, 0.3) is 0 Å². The second-order valence-corrected chi connectivity index (χ2v) is 4.30. The lowest BCUT2D eigenvalue weighted by Crippen LogP contribution is -2.24. The lowest BCUT2D eigenvalue weighted by molar-refractivity contribution is 0.0956. The molecule has 2 heterocycles. The van der Waals surface area contributed by atoms with Crippen LogP contribution in [0.1, 0.15) is 16.1 Å². The summed E-state index contributed by atoms with van der Waals surface area (Å²) >= 11 is 1.46. The molecule has 5 heteroatoms. The fraction of sp³-hybridized carbons (Fsp3) is 0.273. The zero-order valence-corrected chi connectivity index (χ0v) is 9.61. The lowest BCUT2D eigenvalue weighted by Gasteiger charge is -2.03. The molecule has 2 aromatic rings. The zero-order valence-electron chi connectivity index (χ0n) is 8.80. The molecule has 0 atom stereocenters. The SMILES string of the molecule is O=C(NCCCn1cccn1)c1cccs1. The van der Waals surface area contributed by atoms with Crippen LogP contribution in [0.15, 0.2) is 36.0 Å². The first kappa shape index (κ1) is 10.9. The van der Waals surface area contributed by atoms with Gasteiger partial charge in [-0.25, -0.2) is 0 Å². The first-order valence-electron chi connectivity index (χ1n) is 5.15. The van der Waals surface area contributed by atoms with Crippen LogP contribution in [0.5, 0.6) is 0 Å². The van der Waals surface area contributed by atoms with Crippen LogP contribution in [-0.2, 0) is 6.54 Å². The van der Waals surface area contributed by atoms with E-state index in [0.717, 1.165) is 17.8 Å². The van der Waals surface area contributed by atoms with E-state index in [1.54, 1.807) is 6.20 Å². The standard InChI is InChI=1S/C11H13N3OS/c15-11(10-4-1-9-16-10)12-5-2-7-14-8-3-6-13-14/h1,3-4,6,8-9H,2,5,7H2,(H,12,15). The molecule has 0 aliphatic rings. The number of aryl methyl sites for hydroxylation is 1. The largest absolute Gasteiger partial charge is 0.351 e. The maximum absolute atomic E-state index is 11.5. The van der Waals surface area contributed by atoms with Crippen LogP contribution >= 0.6 is 11.3 Å². The van der Waals surface area contributed by atoms with E-state index in [2.05, 4.69) is 10.4 Å². The van der Waals surface area contributed by atoms with Gasteiger partial charge in [0.1, 0.15) is 0 Å². The zero-order chi connectivity index (χ0) is 11.2. The molecule has 2 rings (SSSR count). The predicted octanol–water partition coefficient (Wildman–Crippen LogP) is 1.76. The molecule has 84 valence electrons. The molecule has 0 fully saturated rings. The van der Waals surface area contributed by atoms with Gasteiger partial charge in [0.25, 0.3) is 5.91 Å². The number of nitrogens with zero attached hydrogens (tertiary/aromatic N) is 2. The maximum atomic E-state index is 11.5. The Morgan fingerprint density at radius 1 is 1.50 bits per heavy atom. The number of thiophene rings is 1. The Labute approximate surface area is 97.9 Å². The van der Waals surface area contributed by atoms with Gasteiger partial charge in [-0.3, -0.25) is 9.48 Å². The molecular formula is C11H13N3OS.